The Kier molecular flexibility index (Phi) is 8.74. The van der Waals surface area contributed by atoms with E-state index in [0.717, 1.165) is 39.8 Å². The maximum atomic E-state index is 13.3. The average molecular weight is 548 g/mol. The maximum absolute atomic E-state index is 13.3. The number of imidazole rings is 1. The van der Waals surface area contributed by atoms with E-state index in [-0.39, 0.29) is 5.91 Å². The number of methoxy groups -OCH3 is 2. The highest BCUT2D eigenvalue weighted by molar-refractivity contribution is 5.94. The Balaban J connectivity index is 1.60. The number of hydrogen-bond acceptors (Lipinski definition) is 5. The minimum atomic E-state index is -0.407. The number of nitrogens with one attached hydrogen (secondary N) is 1. The van der Waals surface area contributed by atoms with E-state index < -0.39 is 6.04 Å². The van der Waals surface area contributed by atoms with Gasteiger partial charge >= 0.3 is 0 Å². The summed E-state index contributed by atoms with van der Waals surface area (Å²) in [6.07, 6.45) is 2.51. The zero-order valence-corrected chi connectivity index (χ0v) is 23.2. The van der Waals surface area contributed by atoms with Crippen molar-refractivity contribution in [1.29, 1.82) is 0 Å². The second-order valence-electron chi connectivity index (χ2n) is 9.80. The standard InChI is InChI=1S/C34H33N3O4/c1-40-31-19-16-24(21-32(31)41-2)23-37-30-18-17-27(25-11-5-3-6-12-25)22-29(30)35-33(37)28(15-9-10-20-38)36-34(39)26-13-7-4-8-14-26/h3-8,11-14,16-22,28H,9-10,15,23H2,1-2H3,(H,36,39). The first-order valence-corrected chi connectivity index (χ1v) is 13.7. The molecule has 0 aliphatic rings. The van der Waals surface area contributed by atoms with Gasteiger partial charge in [-0.2, -0.15) is 0 Å². The van der Waals surface area contributed by atoms with E-state index in [1.807, 2.05) is 54.6 Å². The van der Waals surface area contributed by atoms with Crippen LogP contribution in [0.4, 0.5) is 0 Å². The SMILES string of the molecule is COc1ccc(Cn2c(C(CCCC=O)NC(=O)c3ccccc3)nc3cc(-c4ccccc4)ccc32)cc1OC. The fourth-order valence-corrected chi connectivity index (χ4v) is 5.05. The predicted molar refractivity (Wildman–Crippen MR) is 160 cm³/mol. The first-order valence-electron chi connectivity index (χ1n) is 13.7. The van der Waals surface area contributed by atoms with Crippen LogP contribution in [-0.4, -0.2) is 36.0 Å². The Morgan fingerprint density at radius 2 is 1.61 bits per heavy atom. The van der Waals surface area contributed by atoms with Gasteiger partial charge in [-0.15, -0.1) is 0 Å². The summed E-state index contributed by atoms with van der Waals surface area (Å²) < 4.78 is 13.1. The lowest BCUT2D eigenvalue weighted by molar-refractivity contribution is -0.107. The van der Waals surface area contributed by atoms with Crippen molar-refractivity contribution in [3.05, 3.63) is 114 Å². The average Bonchev–Trinajstić information content (AvgIpc) is 3.38. The third kappa shape index (κ3) is 6.30. The lowest BCUT2D eigenvalue weighted by Crippen LogP contribution is -2.30. The van der Waals surface area contributed by atoms with Gasteiger partial charge in [-0.1, -0.05) is 60.7 Å². The molecule has 4 aromatic carbocycles. The Bertz CT molecular complexity index is 1630. The molecule has 1 heterocycles. The van der Waals surface area contributed by atoms with Crippen LogP contribution in [0.1, 0.15) is 47.1 Å². The van der Waals surface area contributed by atoms with Crippen LogP contribution in [-0.2, 0) is 11.3 Å². The molecule has 5 aromatic rings. The number of rotatable bonds is 12. The van der Waals surface area contributed by atoms with Crippen LogP contribution < -0.4 is 14.8 Å². The maximum Gasteiger partial charge on any atom is 0.251 e. The molecule has 1 unspecified atom stereocenters. The third-order valence-corrected chi connectivity index (χ3v) is 7.14. The summed E-state index contributed by atoms with van der Waals surface area (Å²) in [6.45, 7) is 0.502. The number of fused-ring (bicyclic) bond motifs is 1. The number of unbranched alkanes of at least 4 members (excludes halogenated alkanes) is 1. The number of aromatic nitrogens is 2. The molecule has 0 aliphatic heterocycles. The number of ether oxygens (including phenoxy) is 2. The molecule has 41 heavy (non-hydrogen) atoms. The normalized spacial score (nSPS) is 11.7. The van der Waals surface area contributed by atoms with E-state index in [4.69, 9.17) is 14.5 Å². The van der Waals surface area contributed by atoms with Gasteiger partial charge in [-0.05, 0) is 65.9 Å². The molecule has 0 bridgehead atoms. The van der Waals surface area contributed by atoms with Crippen molar-refractivity contribution in [2.75, 3.05) is 14.2 Å². The largest absolute Gasteiger partial charge is 0.493 e. The molecule has 0 aliphatic carbocycles. The summed E-state index contributed by atoms with van der Waals surface area (Å²) >= 11 is 0. The monoisotopic (exact) mass is 547 g/mol. The van der Waals surface area contributed by atoms with Crippen molar-refractivity contribution in [3.8, 4) is 22.6 Å². The van der Waals surface area contributed by atoms with Gasteiger partial charge in [0.1, 0.15) is 12.1 Å². The summed E-state index contributed by atoms with van der Waals surface area (Å²) in [5, 5.41) is 3.20. The first kappa shape index (κ1) is 27.6. The van der Waals surface area contributed by atoms with E-state index in [0.29, 0.717) is 42.9 Å². The Hall–Kier alpha value is -4.91. The third-order valence-electron chi connectivity index (χ3n) is 7.14. The fraction of sp³-hybridized carbons (Fsp3) is 0.206. The van der Waals surface area contributed by atoms with Gasteiger partial charge in [0.25, 0.3) is 5.91 Å². The highest BCUT2D eigenvalue weighted by Gasteiger charge is 2.23. The number of nitrogens with zero attached hydrogens (tertiary/aromatic N) is 2. The lowest BCUT2D eigenvalue weighted by Gasteiger charge is -2.20. The summed E-state index contributed by atoms with van der Waals surface area (Å²) in [4.78, 5) is 29.6. The molecule has 1 N–H and O–H groups in total. The minimum Gasteiger partial charge on any atom is -0.493 e. The molecule has 7 heteroatoms. The molecule has 208 valence electrons. The zero-order chi connectivity index (χ0) is 28.6. The van der Waals surface area contributed by atoms with Crippen LogP contribution in [0.5, 0.6) is 11.5 Å². The highest BCUT2D eigenvalue weighted by Crippen LogP contribution is 2.32. The number of carbonyl (C=O) groups excluding carboxylic acids is 2. The lowest BCUT2D eigenvalue weighted by atomic mass is 10.1. The van der Waals surface area contributed by atoms with Crippen molar-refractivity contribution in [2.24, 2.45) is 0 Å². The molecular weight excluding hydrogens is 514 g/mol. The van der Waals surface area contributed by atoms with E-state index in [1.165, 1.54) is 0 Å². The molecule has 0 fully saturated rings. The van der Waals surface area contributed by atoms with Gasteiger partial charge < -0.3 is 24.2 Å². The van der Waals surface area contributed by atoms with E-state index >= 15 is 0 Å². The van der Waals surface area contributed by atoms with Crippen molar-refractivity contribution in [1.82, 2.24) is 14.9 Å². The van der Waals surface area contributed by atoms with E-state index in [2.05, 4.69) is 40.2 Å². The van der Waals surface area contributed by atoms with Gasteiger partial charge in [0, 0.05) is 18.5 Å². The van der Waals surface area contributed by atoms with Gasteiger partial charge in [-0.25, -0.2) is 4.98 Å². The molecule has 0 spiro atoms. The topological polar surface area (TPSA) is 82.5 Å². The van der Waals surface area contributed by atoms with Crippen LogP contribution in [0.25, 0.3) is 22.2 Å². The number of hydrogen-bond donors (Lipinski definition) is 1. The van der Waals surface area contributed by atoms with E-state index in [1.54, 1.807) is 26.4 Å². The molecule has 1 aromatic heterocycles. The van der Waals surface area contributed by atoms with Crippen LogP contribution in [0.3, 0.4) is 0 Å². The zero-order valence-electron chi connectivity index (χ0n) is 23.2. The Morgan fingerprint density at radius 1 is 0.878 bits per heavy atom. The Morgan fingerprint density at radius 3 is 2.32 bits per heavy atom. The van der Waals surface area contributed by atoms with Gasteiger partial charge in [0.15, 0.2) is 11.5 Å². The van der Waals surface area contributed by atoms with Crippen molar-refractivity contribution < 1.29 is 19.1 Å². The van der Waals surface area contributed by atoms with Gasteiger partial charge in [-0.3, -0.25) is 4.79 Å². The smallest absolute Gasteiger partial charge is 0.251 e. The highest BCUT2D eigenvalue weighted by atomic mass is 16.5. The van der Waals surface area contributed by atoms with Crippen molar-refractivity contribution in [3.63, 3.8) is 0 Å². The van der Waals surface area contributed by atoms with Crippen LogP contribution in [0.2, 0.25) is 0 Å². The van der Waals surface area contributed by atoms with Gasteiger partial charge in [0.05, 0.1) is 31.3 Å². The van der Waals surface area contributed by atoms with Crippen LogP contribution in [0, 0.1) is 0 Å². The molecular formula is C34H33N3O4. The quantitative estimate of drug-likeness (QED) is 0.140. The summed E-state index contributed by atoms with van der Waals surface area (Å²) in [7, 11) is 3.23. The number of carbonyl (C=O) groups is 2. The van der Waals surface area contributed by atoms with Gasteiger partial charge in [0.2, 0.25) is 0 Å². The molecule has 5 rings (SSSR count). The molecule has 1 atom stereocenters. The van der Waals surface area contributed by atoms with Crippen molar-refractivity contribution >= 4 is 23.2 Å². The molecule has 0 radical (unpaired) electrons. The summed E-state index contributed by atoms with van der Waals surface area (Å²) in [6, 6.07) is 31.0. The number of amides is 1. The second-order valence-corrected chi connectivity index (χ2v) is 9.80. The summed E-state index contributed by atoms with van der Waals surface area (Å²) in [5.41, 5.74) is 5.51. The van der Waals surface area contributed by atoms with Crippen LogP contribution >= 0.6 is 0 Å². The Labute approximate surface area is 239 Å². The summed E-state index contributed by atoms with van der Waals surface area (Å²) in [5.74, 6) is 1.84. The van der Waals surface area contributed by atoms with Crippen LogP contribution in [0.15, 0.2) is 97.1 Å². The molecule has 0 saturated heterocycles. The predicted octanol–water partition coefficient (Wildman–Crippen LogP) is 6.61. The number of aldehydes is 1. The fourth-order valence-electron chi connectivity index (χ4n) is 5.05. The number of benzene rings is 4. The second kappa shape index (κ2) is 13.0. The molecule has 7 nitrogen and oxygen atoms in total. The van der Waals surface area contributed by atoms with E-state index in [9.17, 15) is 9.59 Å². The minimum absolute atomic E-state index is 0.184. The molecule has 1 amide bonds. The first-order chi connectivity index (χ1) is 20.1. The van der Waals surface area contributed by atoms with Crippen molar-refractivity contribution in [2.45, 2.75) is 31.8 Å². The molecule has 0 saturated carbocycles.